The van der Waals surface area contributed by atoms with Crippen LogP contribution in [0.3, 0.4) is 0 Å². The molecule has 0 aliphatic heterocycles. The summed E-state index contributed by atoms with van der Waals surface area (Å²) in [6, 6.07) is 32.7. The van der Waals surface area contributed by atoms with Crippen molar-refractivity contribution in [3.63, 3.8) is 0 Å². The smallest absolute Gasteiger partial charge is 0.330 e. The lowest BCUT2D eigenvalue weighted by Gasteiger charge is -2.26. The van der Waals surface area contributed by atoms with Crippen LogP contribution < -0.4 is 15.9 Å². The summed E-state index contributed by atoms with van der Waals surface area (Å²) in [5.41, 5.74) is 2.18. The number of rotatable bonds is 9. The second-order valence-electron chi connectivity index (χ2n) is 8.07. The highest BCUT2D eigenvalue weighted by atomic mass is 31.2. The molecular weight excluding hydrogens is 435 g/mol. The predicted molar refractivity (Wildman–Crippen MR) is 148 cm³/mol. The van der Waals surface area contributed by atoms with Gasteiger partial charge in [0.25, 0.3) is 0 Å². The van der Waals surface area contributed by atoms with Crippen LogP contribution in [0.2, 0.25) is 0 Å². The zero-order chi connectivity index (χ0) is 24.2. The monoisotopic (exact) mass is 467 g/mol. The highest BCUT2D eigenvalue weighted by Gasteiger charge is 2.44. The largest absolute Gasteiger partial charge is 0.466 e. The Bertz CT molecular complexity index is 1080. The highest BCUT2D eigenvalue weighted by molar-refractivity contribution is 7.95. The minimum Gasteiger partial charge on any atom is -0.466 e. The van der Waals surface area contributed by atoms with E-state index >= 15 is 0 Å². The van der Waals surface area contributed by atoms with E-state index in [1.165, 1.54) is 34.7 Å². The molecule has 0 fully saturated rings. The Balaban J connectivity index is 1.98. The van der Waals surface area contributed by atoms with Gasteiger partial charge in [-0.2, -0.15) is 0 Å². The normalized spacial score (nSPS) is 12.9. The van der Waals surface area contributed by atoms with E-state index in [0.717, 1.165) is 11.7 Å². The molecule has 0 spiro atoms. The second kappa shape index (κ2) is 12.7. The second-order valence-corrected chi connectivity index (χ2v) is 11.6. The van der Waals surface area contributed by atoms with Crippen molar-refractivity contribution in [1.82, 2.24) is 0 Å². The fourth-order valence-electron chi connectivity index (χ4n) is 3.83. The van der Waals surface area contributed by atoms with Crippen molar-refractivity contribution >= 4 is 29.1 Å². The number of carbonyl (C=O) groups is 1. The first-order valence-corrected chi connectivity index (χ1v) is 13.4. The van der Waals surface area contributed by atoms with Crippen LogP contribution in [-0.4, -0.2) is 19.2 Å². The Morgan fingerprint density at radius 2 is 1.18 bits per heavy atom. The van der Waals surface area contributed by atoms with Crippen LogP contribution in [0.5, 0.6) is 0 Å². The van der Waals surface area contributed by atoms with Gasteiger partial charge in [0, 0.05) is 6.08 Å². The summed E-state index contributed by atoms with van der Waals surface area (Å²) in [5, 5.41) is 4.14. The van der Waals surface area contributed by atoms with Crippen LogP contribution in [0.15, 0.2) is 139 Å². The molecule has 0 N–H and O–H groups in total. The van der Waals surface area contributed by atoms with E-state index in [1.807, 2.05) is 19.1 Å². The summed E-state index contributed by atoms with van der Waals surface area (Å²) in [6.45, 7) is 4.10. The average molecular weight is 468 g/mol. The first-order valence-electron chi connectivity index (χ1n) is 11.4. The third-order valence-electron chi connectivity index (χ3n) is 5.68. The van der Waals surface area contributed by atoms with Gasteiger partial charge in [-0.1, -0.05) is 90.0 Å². The molecule has 3 aromatic carbocycles. The van der Waals surface area contributed by atoms with Crippen molar-refractivity contribution in [1.29, 1.82) is 0 Å². The van der Waals surface area contributed by atoms with E-state index in [1.54, 1.807) is 6.08 Å². The lowest BCUT2D eigenvalue weighted by Crippen LogP contribution is -2.33. The molecule has 0 amide bonds. The number of allylic oxidation sites excluding steroid dienone is 7. The summed E-state index contributed by atoms with van der Waals surface area (Å²) in [5.74, 6) is -0.351. The molecule has 0 atom stereocenters. The molecule has 34 heavy (non-hydrogen) atoms. The predicted octanol–water partition coefficient (Wildman–Crippen LogP) is 6.16. The maximum absolute atomic E-state index is 11.3. The number of methoxy groups -OCH3 is 1. The van der Waals surface area contributed by atoms with Gasteiger partial charge in [0.05, 0.1) is 13.3 Å². The molecule has 0 saturated heterocycles. The summed E-state index contributed by atoms with van der Waals surface area (Å²) in [4.78, 5) is 11.3. The first kappa shape index (κ1) is 25.1. The lowest BCUT2D eigenvalue weighted by atomic mass is 10.2. The molecule has 172 valence electrons. The summed E-state index contributed by atoms with van der Waals surface area (Å²) in [7, 11) is -0.494. The van der Waals surface area contributed by atoms with Crippen LogP contribution in [-0.2, 0) is 9.53 Å². The van der Waals surface area contributed by atoms with Crippen molar-refractivity contribution in [3.8, 4) is 0 Å². The number of esters is 1. The molecule has 3 aromatic rings. The molecule has 2 nitrogen and oxygen atoms in total. The van der Waals surface area contributed by atoms with Crippen molar-refractivity contribution in [2.75, 3.05) is 13.3 Å². The van der Waals surface area contributed by atoms with Crippen LogP contribution >= 0.6 is 7.26 Å². The van der Waals surface area contributed by atoms with Gasteiger partial charge in [-0.3, -0.25) is 0 Å². The SMILES string of the molecule is COC(=O)C=CC(C)=CC=CC(C)=CC[P+](c1ccccc1)(c1ccccc1)c1ccccc1. The standard InChI is InChI=1S/C31H32O2P/c1-26(22-23-31(32)33-3)14-13-15-27(2)24-25-34(28-16-7-4-8-17-28,29-18-9-5-10-19-29)30-20-11-6-12-21-30/h4-24H,25H2,1-3H3/q+1. The maximum Gasteiger partial charge on any atom is 0.330 e. The molecule has 0 saturated carbocycles. The van der Waals surface area contributed by atoms with Gasteiger partial charge < -0.3 is 4.74 Å². The maximum atomic E-state index is 11.3. The Morgan fingerprint density at radius 3 is 1.62 bits per heavy atom. The molecule has 3 rings (SSSR count). The molecule has 0 heterocycles. The van der Waals surface area contributed by atoms with E-state index in [-0.39, 0.29) is 5.97 Å². The molecule has 0 bridgehead atoms. The molecule has 0 aliphatic rings. The molecule has 0 aromatic heterocycles. The van der Waals surface area contributed by atoms with Gasteiger partial charge in [0.15, 0.2) is 0 Å². The van der Waals surface area contributed by atoms with E-state index < -0.39 is 7.26 Å². The number of benzene rings is 3. The zero-order valence-electron chi connectivity index (χ0n) is 20.1. The summed E-state index contributed by atoms with van der Waals surface area (Å²) < 4.78 is 4.64. The van der Waals surface area contributed by atoms with E-state index in [0.29, 0.717) is 0 Å². The van der Waals surface area contributed by atoms with Crippen LogP contribution in [0.1, 0.15) is 13.8 Å². The molecular formula is C31H32O2P+. The molecule has 0 radical (unpaired) electrons. The van der Waals surface area contributed by atoms with Crippen molar-refractivity contribution in [3.05, 3.63) is 139 Å². The fourth-order valence-corrected chi connectivity index (χ4v) is 7.97. The molecule has 3 heteroatoms. The topological polar surface area (TPSA) is 26.3 Å². The Kier molecular flexibility index (Phi) is 9.38. The number of hydrogen-bond donors (Lipinski definition) is 0. The van der Waals surface area contributed by atoms with Gasteiger partial charge in [-0.15, -0.1) is 0 Å². The fraction of sp³-hybridized carbons (Fsp3) is 0.129. The Hall–Kier alpha value is -3.48. The summed E-state index contributed by atoms with van der Waals surface area (Å²) >= 11 is 0. The summed E-state index contributed by atoms with van der Waals surface area (Å²) in [6.07, 6.45) is 12.6. The molecule has 0 aliphatic carbocycles. The van der Waals surface area contributed by atoms with Gasteiger partial charge in [-0.05, 0) is 56.3 Å². The molecule has 0 unspecified atom stereocenters. The first-order chi connectivity index (χ1) is 16.6. The number of ether oxygens (including phenoxy) is 1. The quantitative estimate of drug-likeness (QED) is 0.163. The van der Waals surface area contributed by atoms with Gasteiger partial charge in [0.2, 0.25) is 0 Å². The zero-order valence-corrected chi connectivity index (χ0v) is 21.0. The Labute approximate surface area is 204 Å². The third-order valence-corrected chi connectivity index (χ3v) is 9.95. The van der Waals surface area contributed by atoms with Crippen molar-refractivity contribution < 1.29 is 9.53 Å². The number of hydrogen-bond acceptors (Lipinski definition) is 2. The van der Waals surface area contributed by atoms with Crippen LogP contribution in [0.25, 0.3) is 0 Å². The Morgan fingerprint density at radius 1 is 0.706 bits per heavy atom. The van der Waals surface area contributed by atoms with E-state index in [9.17, 15) is 4.79 Å². The van der Waals surface area contributed by atoms with E-state index in [2.05, 4.69) is 115 Å². The van der Waals surface area contributed by atoms with Crippen molar-refractivity contribution in [2.24, 2.45) is 0 Å². The minimum atomic E-state index is -1.87. The van der Waals surface area contributed by atoms with Gasteiger partial charge in [-0.25, -0.2) is 4.79 Å². The van der Waals surface area contributed by atoms with Crippen LogP contribution in [0, 0.1) is 0 Å². The number of carbonyl (C=O) groups excluding carboxylic acids is 1. The van der Waals surface area contributed by atoms with Crippen LogP contribution in [0.4, 0.5) is 0 Å². The average Bonchev–Trinajstić information content (AvgIpc) is 2.89. The van der Waals surface area contributed by atoms with Crippen molar-refractivity contribution in [2.45, 2.75) is 13.8 Å². The van der Waals surface area contributed by atoms with Gasteiger partial charge in [0.1, 0.15) is 23.2 Å². The highest BCUT2D eigenvalue weighted by Crippen LogP contribution is 2.55. The minimum absolute atomic E-state index is 0.351. The van der Waals surface area contributed by atoms with E-state index in [4.69, 9.17) is 0 Å². The van der Waals surface area contributed by atoms with Gasteiger partial charge >= 0.3 is 5.97 Å². The third kappa shape index (κ3) is 6.53. The lowest BCUT2D eigenvalue weighted by molar-refractivity contribution is -0.134.